The van der Waals surface area contributed by atoms with E-state index >= 15 is 0 Å². The lowest BCUT2D eigenvalue weighted by atomic mass is 9.79. The van der Waals surface area contributed by atoms with Crippen molar-refractivity contribution >= 4 is 34.2 Å². The third-order valence-corrected chi connectivity index (χ3v) is 7.37. The fourth-order valence-electron chi connectivity index (χ4n) is 5.17. The number of rotatable bonds is 8. The molecule has 4 unspecified atom stereocenters. The van der Waals surface area contributed by atoms with Crippen LogP contribution in [0.3, 0.4) is 0 Å². The van der Waals surface area contributed by atoms with Gasteiger partial charge in [0.05, 0.1) is 13.2 Å². The van der Waals surface area contributed by atoms with E-state index < -0.39 is 23.8 Å². The Bertz CT molecular complexity index is 1010. The number of ether oxygens (including phenoxy) is 2. The fraction of sp³-hybridized carbons (Fsp3) is 0.458. The molecule has 0 spiro atoms. The van der Waals surface area contributed by atoms with Crippen molar-refractivity contribution in [2.45, 2.75) is 33.1 Å². The van der Waals surface area contributed by atoms with Crippen LogP contribution in [0.15, 0.2) is 29.6 Å². The highest BCUT2D eigenvalue weighted by atomic mass is 32.1. The van der Waals surface area contributed by atoms with Crippen molar-refractivity contribution in [3.63, 3.8) is 0 Å². The molecule has 2 saturated carbocycles. The Hall–Kier alpha value is -2.87. The van der Waals surface area contributed by atoms with Crippen molar-refractivity contribution in [3.8, 4) is 16.9 Å². The molecule has 4 rings (SSSR count). The van der Waals surface area contributed by atoms with Gasteiger partial charge >= 0.3 is 5.97 Å². The first-order chi connectivity index (χ1) is 15.4. The number of fused-ring (bicyclic) bond motifs is 2. The summed E-state index contributed by atoms with van der Waals surface area (Å²) < 4.78 is 10.7. The third kappa shape index (κ3) is 4.11. The quantitative estimate of drug-likeness (QED) is 0.611. The topological polar surface area (TPSA) is 105 Å². The van der Waals surface area contributed by atoms with E-state index in [1.54, 1.807) is 12.3 Å². The number of nitrogens with one attached hydrogen (secondary N) is 1. The Balaban J connectivity index is 1.63. The maximum absolute atomic E-state index is 13.2. The molecule has 2 bridgehead atoms. The monoisotopic (exact) mass is 456 g/mol. The van der Waals surface area contributed by atoms with Crippen molar-refractivity contribution in [1.29, 1.82) is 0 Å². The molecule has 8 heteroatoms. The first kappa shape index (κ1) is 22.3. The molecule has 2 aliphatic rings. The van der Waals surface area contributed by atoms with Gasteiger partial charge in [-0.15, -0.1) is 11.3 Å². The SMILES string of the molecule is CCOC(=O)c1c(-c2ccc(OCC)cc2)csc1NC(=O)C1C2CCC(C2)C1C(=O)[O-]. The molecule has 7 nitrogen and oxygen atoms in total. The number of amides is 1. The Morgan fingerprint density at radius 2 is 1.75 bits per heavy atom. The average Bonchev–Trinajstić information content (AvgIpc) is 3.49. The zero-order valence-corrected chi connectivity index (χ0v) is 18.9. The summed E-state index contributed by atoms with van der Waals surface area (Å²) in [6.07, 6.45) is 2.41. The van der Waals surface area contributed by atoms with Crippen LogP contribution in [0.25, 0.3) is 11.1 Å². The predicted molar refractivity (Wildman–Crippen MR) is 118 cm³/mol. The van der Waals surface area contributed by atoms with Gasteiger partial charge < -0.3 is 24.7 Å². The second-order valence-corrected chi connectivity index (χ2v) is 9.10. The van der Waals surface area contributed by atoms with Crippen molar-refractivity contribution in [1.82, 2.24) is 0 Å². The van der Waals surface area contributed by atoms with Gasteiger partial charge in [-0.3, -0.25) is 4.79 Å². The number of hydrogen-bond acceptors (Lipinski definition) is 7. The van der Waals surface area contributed by atoms with E-state index in [4.69, 9.17) is 9.47 Å². The van der Waals surface area contributed by atoms with Crippen LogP contribution in [0.1, 0.15) is 43.5 Å². The smallest absolute Gasteiger partial charge is 0.341 e. The van der Waals surface area contributed by atoms with Crippen LogP contribution >= 0.6 is 11.3 Å². The lowest BCUT2D eigenvalue weighted by molar-refractivity contribution is -0.314. The zero-order chi connectivity index (χ0) is 22.8. The second-order valence-electron chi connectivity index (χ2n) is 8.22. The number of carbonyl (C=O) groups is 3. The largest absolute Gasteiger partial charge is 0.550 e. The van der Waals surface area contributed by atoms with E-state index in [-0.39, 0.29) is 29.9 Å². The molecule has 32 heavy (non-hydrogen) atoms. The molecular formula is C24H26NO6S-. The molecule has 2 aliphatic carbocycles. The summed E-state index contributed by atoms with van der Waals surface area (Å²) in [6.45, 7) is 4.38. The number of esters is 1. The first-order valence-corrected chi connectivity index (χ1v) is 11.9. The molecule has 4 atom stereocenters. The molecule has 1 heterocycles. The lowest BCUT2D eigenvalue weighted by Crippen LogP contribution is -2.44. The normalized spacial score (nSPS) is 23.7. The number of hydrogen-bond donors (Lipinski definition) is 1. The Labute approximate surface area is 190 Å². The van der Waals surface area contributed by atoms with Gasteiger partial charge in [-0.25, -0.2) is 4.79 Å². The molecule has 170 valence electrons. The summed E-state index contributed by atoms with van der Waals surface area (Å²) in [5.41, 5.74) is 1.72. The van der Waals surface area contributed by atoms with Crippen molar-refractivity contribution < 1.29 is 29.0 Å². The van der Waals surface area contributed by atoms with E-state index in [2.05, 4.69) is 5.32 Å². The summed E-state index contributed by atoms with van der Waals surface area (Å²) in [5, 5.41) is 16.7. The summed E-state index contributed by atoms with van der Waals surface area (Å²) in [7, 11) is 0. The minimum absolute atomic E-state index is 0.00646. The lowest BCUT2D eigenvalue weighted by Gasteiger charge is -2.30. The highest BCUT2D eigenvalue weighted by molar-refractivity contribution is 7.15. The Morgan fingerprint density at radius 1 is 1.06 bits per heavy atom. The van der Waals surface area contributed by atoms with E-state index in [0.29, 0.717) is 17.2 Å². The number of carboxylic acid groups (broad SMARTS) is 1. The molecule has 1 aromatic carbocycles. The minimum Gasteiger partial charge on any atom is -0.550 e. The molecule has 1 aromatic heterocycles. The fourth-order valence-corrected chi connectivity index (χ4v) is 6.13. The van der Waals surface area contributed by atoms with Crippen LogP contribution in [0.2, 0.25) is 0 Å². The Morgan fingerprint density at radius 3 is 2.38 bits per heavy atom. The Kier molecular flexibility index (Phi) is 6.50. The standard InChI is InChI=1S/C24H27NO6S/c1-3-30-16-9-7-13(8-10-16)17-12-32-22(20(17)24(29)31-4-2)25-21(26)18-14-5-6-15(11-14)19(18)23(27)28/h7-10,12,14-15,18-19H,3-6,11H2,1-2H3,(H,25,26)(H,27,28)/p-1. The number of carboxylic acids is 1. The van der Waals surface area contributed by atoms with Crippen LogP contribution in [0.5, 0.6) is 5.75 Å². The van der Waals surface area contributed by atoms with Crippen molar-refractivity contribution in [2.75, 3.05) is 18.5 Å². The highest BCUT2D eigenvalue weighted by Crippen LogP contribution is 2.52. The molecule has 0 saturated heterocycles. The van der Waals surface area contributed by atoms with E-state index in [0.717, 1.165) is 30.6 Å². The molecule has 1 amide bonds. The average molecular weight is 457 g/mol. The van der Waals surface area contributed by atoms with Crippen LogP contribution in [0.4, 0.5) is 5.00 Å². The number of thiophene rings is 1. The van der Waals surface area contributed by atoms with Crippen LogP contribution in [-0.2, 0) is 14.3 Å². The number of benzene rings is 1. The molecule has 0 radical (unpaired) electrons. The van der Waals surface area contributed by atoms with Crippen LogP contribution in [-0.4, -0.2) is 31.1 Å². The van der Waals surface area contributed by atoms with E-state index in [9.17, 15) is 19.5 Å². The predicted octanol–water partition coefficient (Wildman–Crippen LogP) is 3.34. The first-order valence-electron chi connectivity index (χ1n) is 11.0. The number of anilines is 1. The highest BCUT2D eigenvalue weighted by Gasteiger charge is 2.51. The second kappa shape index (κ2) is 9.32. The maximum atomic E-state index is 13.2. The van der Waals surface area contributed by atoms with Crippen molar-refractivity contribution in [2.24, 2.45) is 23.7 Å². The summed E-state index contributed by atoms with van der Waals surface area (Å²) in [4.78, 5) is 37.7. The van der Waals surface area contributed by atoms with Gasteiger partial charge in [0.1, 0.15) is 16.3 Å². The van der Waals surface area contributed by atoms with E-state index in [1.807, 2.05) is 31.2 Å². The van der Waals surface area contributed by atoms with Gasteiger partial charge in [-0.05, 0) is 62.6 Å². The van der Waals surface area contributed by atoms with Gasteiger partial charge in [0, 0.05) is 28.7 Å². The third-order valence-electron chi connectivity index (χ3n) is 6.47. The summed E-state index contributed by atoms with van der Waals surface area (Å²) >= 11 is 1.23. The van der Waals surface area contributed by atoms with Gasteiger partial charge in [-0.2, -0.15) is 0 Å². The summed E-state index contributed by atoms with van der Waals surface area (Å²) in [6, 6.07) is 7.35. The van der Waals surface area contributed by atoms with Gasteiger partial charge in [0.25, 0.3) is 0 Å². The van der Waals surface area contributed by atoms with Crippen LogP contribution in [0, 0.1) is 23.7 Å². The minimum atomic E-state index is -1.16. The maximum Gasteiger partial charge on any atom is 0.341 e. The molecule has 0 aliphatic heterocycles. The van der Waals surface area contributed by atoms with Gasteiger partial charge in [0.15, 0.2) is 0 Å². The zero-order valence-electron chi connectivity index (χ0n) is 18.1. The van der Waals surface area contributed by atoms with Crippen LogP contribution < -0.4 is 15.2 Å². The van der Waals surface area contributed by atoms with E-state index in [1.165, 1.54) is 11.3 Å². The van der Waals surface area contributed by atoms with Crippen molar-refractivity contribution in [3.05, 3.63) is 35.2 Å². The molecule has 1 N–H and O–H groups in total. The molecule has 2 aromatic rings. The molecular weight excluding hydrogens is 430 g/mol. The number of carbonyl (C=O) groups excluding carboxylic acids is 3. The van der Waals surface area contributed by atoms with Gasteiger partial charge in [-0.1, -0.05) is 12.1 Å². The molecule has 2 fully saturated rings. The summed E-state index contributed by atoms with van der Waals surface area (Å²) in [5.74, 6) is -2.71. The number of aliphatic carboxylic acids is 1. The van der Waals surface area contributed by atoms with Gasteiger partial charge in [0.2, 0.25) is 5.91 Å².